The number of aryl methyl sites for hydroxylation is 1. The van der Waals surface area contributed by atoms with Crippen molar-refractivity contribution in [3.63, 3.8) is 0 Å². The van der Waals surface area contributed by atoms with Crippen LogP contribution in [0.1, 0.15) is 27.0 Å². The molecule has 1 aliphatic rings. The van der Waals surface area contributed by atoms with E-state index < -0.39 is 18.6 Å². The van der Waals surface area contributed by atoms with E-state index in [0.717, 1.165) is 16.1 Å². The largest absolute Gasteiger partial charge is 0.493 e. The number of hydrogen-bond acceptors (Lipinski definition) is 7. The number of nitrogens with zero attached hydrogens (tertiary/aromatic N) is 2. The number of amides is 1. The second-order valence-corrected chi connectivity index (χ2v) is 8.02. The highest BCUT2D eigenvalue weighted by atomic mass is 32.1. The van der Waals surface area contributed by atoms with Gasteiger partial charge in [-0.1, -0.05) is 12.1 Å². The minimum atomic E-state index is -0.556. The fourth-order valence-electron chi connectivity index (χ4n) is 3.48. The molecule has 32 heavy (non-hydrogen) atoms. The lowest BCUT2D eigenvalue weighted by molar-refractivity contribution is -0.137. The Morgan fingerprint density at radius 1 is 1.09 bits per heavy atom. The van der Waals surface area contributed by atoms with Gasteiger partial charge in [0, 0.05) is 13.2 Å². The zero-order valence-corrected chi connectivity index (χ0v) is 18.7. The SMILES string of the molecule is COc1ccc([C@H]2C=C(c3cccs3)NN2C(=O)COC(=O)c2cccn2C)cc1OC. The number of rotatable bonds is 7. The minimum Gasteiger partial charge on any atom is -0.493 e. The summed E-state index contributed by atoms with van der Waals surface area (Å²) in [7, 11) is 4.87. The van der Waals surface area contributed by atoms with Crippen molar-refractivity contribution in [2.24, 2.45) is 7.05 Å². The molecule has 4 rings (SSSR count). The van der Waals surface area contributed by atoms with Gasteiger partial charge in [-0.3, -0.25) is 10.2 Å². The zero-order valence-electron chi connectivity index (χ0n) is 17.9. The lowest BCUT2D eigenvalue weighted by Gasteiger charge is -2.25. The highest BCUT2D eigenvalue weighted by molar-refractivity contribution is 7.11. The van der Waals surface area contributed by atoms with Gasteiger partial charge in [-0.25, -0.2) is 9.80 Å². The van der Waals surface area contributed by atoms with E-state index in [9.17, 15) is 9.59 Å². The molecule has 0 fully saturated rings. The Balaban J connectivity index is 1.57. The highest BCUT2D eigenvalue weighted by Gasteiger charge is 2.32. The van der Waals surface area contributed by atoms with Crippen LogP contribution in [0.4, 0.5) is 0 Å². The lowest BCUT2D eigenvalue weighted by Crippen LogP contribution is -2.42. The summed E-state index contributed by atoms with van der Waals surface area (Å²) >= 11 is 1.56. The van der Waals surface area contributed by atoms with E-state index in [4.69, 9.17) is 14.2 Å². The number of ether oxygens (including phenoxy) is 3. The third kappa shape index (κ3) is 4.19. The van der Waals surface area contributed by atoms with E-state index in [1.165, 1.54) is 5.01 Å². The highest BCUT2D eigenvalue weighted by Crippen LogP contribution is 2.37. The monoisotopic (exact) mass is 453 g/mol. The van der Waals surface area contributed by atoms with Gasteiger partial charge in [0.25, 0.3) is 5.91 Å². The average molecular weight is 454 g/mol. The van der Waals surface area contributed by atoms with Crippen molar-refractivity contribution in [3.8, 4) is 11.5 Å². The molecule has 1 amide bonds. The standard InChI is InChI=1S/C23H23N3O5S/c1-25-10-4-6-17(25)23(28)31-14-22(27)26-18(13-16(24-26)21-7-5-11-32-21)15-8-9-19(29-2)20(12-15)30-3/h4-13,18,24H,14H2,1-3H3/t18-/m1/s1. The van der Waals surface area contributed by atoms with E-state index in [-0.39, 0.29) is 5.91 Å². The van der Waals surface area contributed by atoms with Crippen molar-refractivity contribution in [1.82, 2.24) is 15.0 Å². The Hall–Kier alpha value is -3.72. The molecule has 3 heterocycles. The van der Waals surface area contributed by atoms with Crippen LogP contribution in [-0.2, 0) is 16.6 Å². The molecule has 1 atom stereocenters. The van der Waals surface area contributed by atoms with Gasteiger partial charge in [0.15, 0.2) is 18.1 Å². The van der Waals surface area contributed by atoms with Crippen LogP contribution in [0.3, 0.4) is 0 Å². The summed E-state index contributed by atoms with van der Waals surface area (Å²) in [5.41, 5.74) is 5.17. The third-order valence-electron chi connectivity index (χ3n) is 5.13. The second-order valence-electron chi connectivity index (χ2n) is 7.07. The molecule has 1 aliphatic heterocycles. The summed E-state index contributed by atoms with van der Waals surface area (Å²) < 4.78 is 17.7. The number of hydrogen-bond donors (Lipinski definition) is 1. The number of carbonyl (C=O) groups excluding carboxylic acids is 2. The maximum absolute atomic E-state index is 13.1. The van der Waals surface area contributed by atoms with Crippen LogP contribution < -0.4 is 14.9 Å². The number of nitrogens with one attached hydrogen (secondary N) is 1. The average Bonchev–Trinajstić information content (AvgIpc) is 3.57. The van der Waals surface area contributed by atoms with Gasteiger partial charge >= 0.3 is 5.97 Å². The molecule has 0 spiro atoms. The Morgan fingerprint density at radius 3 is 2.56 bits per heavy atom. The number of esters is 1. The van der Waals surface area contributed by atoms with E-state index in [2.05, 4.69) is 5.43 Å². The first-order valence-corrected chi connectivity index (χ1v) is 10.7. The van der Waals surface area contributed by atoms with E-state index in [1.54, 1.807) is 61.6 Å². The molecule has 0 radical (unpaired) electrons. The van der Waals surface area contributed by atoms with Gasteiger partial charge in [-0.15, -0.1) is 11.3 Å². The van der Waals surface area contributed by atoms with Gasteiger partial charge in [0.1, 0.15) is 5.69 Å². The fraction of sp³-hybridized carbons (Fsp3) is 0.217. The first-order chi connectivity index (χ1) is 15.5. The minimum absolute atomic E-state index is 0.376. The predicted molar refractivity (Wildman–Crippen MR) is 120 cm³/mol. The molecule has 8 nitrogen and oxygen atoms in total. The van der Waals surface area contributed by atoms with Crippen LogP contribution in [0.25, 0.3) is 5.70 Å². The molecule has 0 unspecified atom stereocenters. The smallest absolute Gasteiger partial charge is 0.355 e. The zero-order chi connectivity index (χ0) is 22.7. The third-order valence-corrected chi connectivity index (χ3v) is 6.03. The van der Waals surface area contributed by atoms with Gasteiger partial charge in [-0.05, 0) is 47.4 Å². The molecule has 3 aromatic rings. The fourth-order valence-corrected chi connectivity index (χ4v) is 4.18. The molecule has 2 aromatic heterocycles. The Labute approximate surface area is 189 Å². The van der Waals surface area contributed by atoms with Crippen molar-refractivity contribution in [1.29, 1.82) is 0 Å². The van der Waals surface area contributed by atoms with Crippen molar-refractivity contribution < 1.29 is 23.8 Å². The summed E-state index contributed by atoms with van der Waals surface area (Å²) in [5.74, 6) is 0.221. The summed E-state index contributed by atoms with van der Waals surface area (Å²) in [6.07, 6.45) is 3.70. The van der Waals surface area contributed by atoms with E-state index >= 15 is 0 Å². The first-order valence-electron chi connectivity index (χ1n) is 9.86. The molecule has 0 saturated heterocycles. The van der Waals surface area contributed by atoms with Gasteiger partial charge < -0.3 is 18.8 Å². The molecule has 0 bridgehead atoms. The van der Waals surface area contributed by atoms with Crippen LogP contribution >= 0.6 is 11.3 Å². The van der Waals surface area contributed by atoms with Crippen molar-refractivity contribution in [2.45, 2.75) is 6.04 Å². The van der Waals surface area contributed by atoms with Crippen molar-refractivity contribution in [3.05, 3.63) is 76.3 Å². The van der Waals surface area contributed by atoms with Crippen LogP contribution in [0.5, 0.6) is 11.5 Å². The van der Waals surface area contributed by atoms with Crippen LogP contribution in [0, 0.1) is 0 Å². The summed E-state index contributed by atoms with van der Waals surface area (Å²) in [6, 6.07) is 12.4. The number of methoxy groups -OCH3 is 2. The van der Waals surface area contributed by atoms with E-state index in [1.807, 2.05) is 35.7 Å². The molecule has 1 N–H and O–H groups in total. The van der Waals surface area contributed by atoms with Crippen LogP contribution in [0.2, 0.25) is 0 Å². The van der Waals surface area contributed by atoms with Gasteiger partial charge in [0.2, 0.25) is 0 Å². The Kier molecular flexibility index (Phi) is 6.18. The molecule has 9 heteroatoms. The van der Waals surface area contributed by atoms with E-state index in [0.29, 0.717) is 17.2 Å². The molecular formula is C23H23N3O5S. The Morgan fingerprint density at radius 2 is 1.91 bits per heavy atom. The number of benzene rings is 1. The van der Waals surface area contributed by atoms with Gasteiger partial charge in [-0.2, -0.15) is 0 Å². The van der Waals surface area contributed by atoms with Crippen molar-refractivity contribution in [2.75, 3.05) is 20.8 Å². The molecular weight excluding hydrogens is 430 g/mol. The summed E-state index contributed by atoms with van der Waals surface area (Å²) in [5, 5.41) is 3.43. The van der Waals surface area contributed by atoms with Crippen LogP contribution in [0.15, 0.2) is 60.1 Å². The molecule has 0 saturated carbocycles. The van der Waals surface area contributed by atoms with Crippen LogP contribution in [-0.4, -0.2) is 42.3 Å². The second kappa shape index (κ2) is 9.19. The Bertz CT molecular complexity index is 1150. The maximum atomic E-state index is 13.1. The number of hydrazine groups is 1. The topological polar surface area (TPSA) is 82.0 Å². The molecule has 0 aliphatic carbocycles. The predicted octanol–water partition coefficient (Wildman–Crippen LogP) is 3.39. The first kappa shape index (κ1) is 21.5. The number of carbonyl (C=O) groups is 2. The summed E-state index contributed by atoms with van der Waals surface area (Å²) in [4.78, 5) is 26.4. The number of thiophene rings is 1. The molecule has 1 aromatic carbocycles. The maximum Gasteiger partial charge on any atom is 0.355 e. The van der Waals surface area contributed by atoms with Crippen molar-refractivity contribution >= 4 is 28.9 Å². The quantitative estimate of drug-likeness (QED) is 0.553. The molecule has 166 valence electrons. The lowest BCUT2D eigenvalue weighted by atomic mass is 10.0. The summed E-state index contributed by atoms with van der Waals surface area (Å²) in [6.45, 7) is -0.396. The van der Waals surface area contributed by atoms with Gasteiger partial charge in [0.05, 0.1) is 30.8 Å². The number of aromatic nitrogens is 1. The normalized spacial score (nSPS) is 15.2.